The predicted octanol–water partition coefficient (Wildman–Crippen LogP) is 0.434. The molecule has 3 atom stereocenters. The maximum absolute atomic E-state index is 11.7. The molecular formula is C10H19NO4. The molecule has 1 aliphatic rings. The Morgan fingerprint density at radius 3 is 2.73 bits per heavy atom. The van der Waals surface area contributed by atoms with Crippen LogP contribution in [0.3, 0.4) is 0 Å². The van der Waals surface area contributed by atoms with Crippen LogP contribution in [0.15, 0.2) is 0 Å². The molecule has 0 aromatic heterocycles. The number of nitrogens with one attached hydrogen (secondary N) is 1. The topological polar surface area (TPSA) is 67.8 Å². The third kappa shape index (κ3) is 2.48. The summed E-state index contributed by atoms with van der Waals surface area (Å²) < 4.78 is 4.92. The van der Waals surface area contributed by atoms with Gasteiger partial charge >= 0.3 is 5.97 Å². The predicted molar refractivity (Wildman–Crippen MR) is 53.6 cm³/mol. The van der Waals surface area contributed by atoms with Gasteiger partial charge in [0.2, 0.25) is 0 Å². The molecule has 1 unspecified atom stereocenters. The summed E-state index contributed by atoms with van der Waals surface area (Å²) in [5, 5.41) is 9.89. The number of ether oxygens (including phenoxy) is 1. The first-order chi connectivity index (χ1) is 6.90. The number of hydrogen-bond donors (Lipinski definition) is 2. The molecule has 0 spiro atoms. The molecule has 0 aromatic rings. The van der Waals surface area contributed by atoms with Crippen LogP contribution in [-0.2, 0) is 14.4 Å². The largest absolute Gasteiger partial charge is 0.466 e. The van der Waals surface area contributed by atoms with Crippen molar-refractivity contribution in [2.24, 2.45) is 11.8 Å². The lowest BCUT2D eigenvalue weighted by molar-refractivity contribution is -0.213. The SMILES string of the molecule is CCOC(=O)[C@@H]1[C@@H](C(C)C)NOC1(C)O. The van der Waals surface area contributed by atoms with E-state index >= 15 is 0 Å². The van der Waals surface area contributed by atoms with Crippen molar-refractivity contribution >= 4 is 5.97 Å². The van der Waals surface area contributed by atoms with Gasteiger partial charge in [-0.1, -0.05) is 13.8 Å². The van der Waals surface area contributed by atoms with E-state index in [9.17, 15) is 9.90 Å². The zero-order chi connectivity index (χ0) is 11.6. The summed E-state index contributed by atoms with van der Waals surface area (Å²) >= 11 is 0. The van der Waals surface area contributed by atoms with Crippen molar-refractivity contribution in [2.45, 2.75) is 39.5 Å². The number of carbonyl (C=O) groups excluding carboxylic acids is 1. The first-order valence-corrected chi connectivity index (χ1v) is 5.22. The fraction of sp³-hybridized carbons (Fsp3) is 0.900. The zero-order valence-corrected chi connectivity index (χ0v) is 9.61. The second-order valence-corrected chi connectivity index (χ2v) is 4.27. The molecule has 15 heavy (non-hydrogen) atoms. The van der Waals surface area contributed by atoms with Crippen molar-refractivity contribution in [3.05, 3.63) is 0 Å². The number of carbonyl (C=O) groups is 1. The van der Waals surface area contributed by atoms with Crippen molar-refractivity contribution in [2.75, 3.05) is 6.61 Å². The maximum atomic E-state index is 11.7. The molecule has 5 nitrogen and oxygen atoms in total. The van der Waals surface area contributed by atoms with Crippen LogP contribution in [-0.4, -0.2) is 29.5 Å². The Kier molecular flexibility index (Phi) is 3.70. The monoisotopic (exact) mass is 217 g/mol. The van der Waals surface area contributed by atoms with Crippen LogP contribution in [0.1, 0.15) is 27.7 Å². The van der Waals surface area contributed by atoms with Gasteiger partial charge in [-0.15, -0.1) is 0 Å². The summed E-state index contributed by atoms with van der Waals surface area (Å²) in [6.45, 7) is 7.41. The Hall–Kier alpha value is -0.650. The summed E-state index contributed by atoms with van der Waals surface area (Å²) in [6.07, 6.45) is 0. The lowest BCUT2D eigenvalue weighted by atomic mass is 9.86. The summed E-state index contributed by atoms with van der Waals surface area (Å²) in [5.74, 6) is -2.43. The second-order valence-electron chi connectivity index (χ2n) is 4.27. The standard InChI is InChI=1S/C10H19NO4/c1-5-14-9(12)7-8(6(2)3)11-15-10(7,4)13/h6-8,11,13H,5H2,1-4H3/t7-,8+,10?/m0/s1. The molecule has 0 saturated carbocycles. The quantitative estimate of drug-likeness (QED) is 0.671. The van der Waals surface area contributed by atoms with E-state index in [4.69, 9.17) is 9.57 Å². The highest BCUT2D eigenvalue weighted by Crippen LogP contribution is 2.32. The lowest BCUT2D eigenvalue weighted by Crippen LogP contribution is -2.44. The molecule has 0 radical (unpaired) electrons. The van der Waals surface area contributed by atoms with E-state index < -0.39 is 17.7 Å². The van der Waals surface area contributed by atoms with Gasteiger partial charge in [-0.2, -0.15) is 5.48 Å². The third-order valence-electron chi connectivity index (χ3n) is 2.60. The van der Waals surface area contributed by atoms with Gasteiger partial charge in [0.15, 0.2) is 5.79 Å². The molecule has 0 amide bonds. The van der Waals surface area contributed by atoms with E-state index in [0.717, 1.165) is 0 Å². The smallest absolute Gasteiger partial charge is 0.316 e. The van der Waals surface area contributed by atoms with Gasteiger partial charge in [0.05, 0.1) is 12.6 Å². The van der Waals surface area contributed by atoms with Crippen molar-refractivity contribution in [3.63, 3.8) is 0 Å². The van der Waals surface area contributed by atoms with E-state index in [0.29, 0.717) is 6.61 Å². The van der Waals surface area contributed by atoms with Gasteiger partial charge in [-0.05, 0) is 19.8 Å². The van der Waals surface area contributed by atoms with Gasteiger partial charge in [-0.25, -0.2) is 0 Å². The minimum Gasteiger partial charge on any atom is -0.466 e. The molecule has 1 heterocycles. The van der Waals surface area contributed by atoms with Gasteiger partial charge in [0.1, 0.15) is 5.92 Å². The fourth-order valence-electron chi connectivity index (χ4n) is 1.77. The third-order valence-corrected chi connectivity index (χ3v) is 2.60. The molecule has 2 N–H and O–H groups in total. The number of esters is 1. The summed E-state index contributed by atoms with van der Waals surface area (Å²) in [6, 6.07) is -0.223. The van der Waals surface area contributed by atoms with Crippen LogP contribution >= 0.6 is 0 Å². The average molecular weight is 217 g/mol. The van der Waals surface area contributed by atoms with Crippen LogP contribution in [0.4, 0.5) is 0 Å². The fourth-order valence-corrected chi connectivity index (χ4v) is 1.77. The van der Waals surface area contributed by atoms with Crippen LogP contribution in [0.25, 0.3) is 0 Å². The molecule has 1 rings (SSSR count). The number of rotatable bonds is 3. The Labute approximate surface area is 89.7 Å². The minimum absolute atomic E-state index is 0.174. The molecular weight excluding hydrogens is 198 g/mol. The molecule has 88 valence electrons. The summed E-state index contributed by atoms with van der Waals surface area (Å²) in [7, 11) is 0. The molecule has 1 fully saturated rings. The maximum Gasteiger partial charge on any atom is 0.316 e. The number of hydroxylamine groups is 1. The number of aliphatic hydroxyl groups is 1. The van der Waals surface area contributed by atoms with E-state index in [1.165, 1.54) is 6.92 Å². The van der Waals surface area contributed by atoms with Gasteiger partial charge in [0, 0.05) is 0 Å². The Balaban J connectivity index is 2.82. The Morgan fingerprint density at radius 2 is 2.27 bits per heavy atom. The van der Waals surface area contributed by atoms with Gasteiger partial charge in [0.25, 0.3) is 0 Å². The lowest BCUT2D eigenvalue weighted by Gasteiger charge is -2.25. The van der Waals surface area contributed by atoms with E-state index in [1.807, 2.05) is 13.8 Å². The number of hydrogen-bond acceptors (Lipinski definition) is 5. The first-order valence-electron chi connectivity index (χ1n) is 5.22. The van der Waals surface area contributed by atoms with Crippen molar-refractivity contribution in [3.8, 4) is 0 Å². The van der Waals surface area contributed by atoms with Crippen LogP contribution < -0.4 is 5.48 Å². The highest BCUT2D eigenvalue weighted by Gasteiger charge is 2.52. The Bertz CT molecular complexity index is 240. The first kappa shape index (κ1) is 12.4. The molecule has 1 aliphatic heterocycles. The summed E-state index contributed by atoms with van der Waals surface area (Å²) in [4.78, 5) is 16.7. The van der Waals surface area contributed by atoms with E-state index in [1.54, 1.807) is 6.92 Å². The molecule has 1 saturated heterocycles. The highest BCUT2D eigenvalue weighted by atomic mass is 16.8. The second kappa shape index (κ2) is 4.47. The molecule has 0 bridgehead atoms. The van der Waals surface area contributed by atoms with Gasteiger partial charge in [-0.3, -0.25) is 9.63 Å². The average Bonchev–Trinajstić information content (AvgIpc) is 2.41. The van der Waals surface area contributed by atoms with Crippen LogP contribution in [0.2, 0.25) is 0 Å². The normalized spacial score (nSPS) is 35.9. The summed E-state index contributed by atoms with van der Waals surface area (Å²) in [5.41, 5.74) is 2.68. The highest BCUT2D eigenvalue weighted by molar-refractivity contribution is 5.74. The van der Waals surface area contributed by atoms with Crippen molar-refractivity contribution in [1.29, 1.82) is 0 Å². The van der Waals surface area contributed by atoms with Crippen LogP contribution in [0, 0.1) is 11.8 Å². The minimum atomic E-state index is -1.50. The van der Waals surface area contributed by atoms with Crippen molar-refractivity contribution < 1.29 is 19.5 Å². The molecule has 5 heteroatoms. The molecule has 0 aliphatic carbocycles. The van der Waals surface area contributed by atoms with E-state index in [-0.39, 0.29) is 12.0 Å². The Morgan fingerprint density at radius 1 is 1.67 bits per heavy atom. The zero-order valence-electron chi connectivity index (χ0n) is 9.61. The van der Waals surface area contributed by atoms with Crippen molar-refractivity contribution in [1.82, 2.24) is 5.48 Å². The molecule has 0 aromatic carbocycles. The van der Waals surface area contributed by atoms with Crippen LogP contribution in [0.5, 0.6) is 0 Å². The van der Waals surface area contributed by atoms with E-state index in [2.05, 4.69) is 5.48 Å². The van der Waals surface area contributed by atoms with Gasteiger partial charge < -0.3 is 9.84 Å².